The lowest BCUT2D eigenvalue weighted by molar-refractivity contribution is 0.0949. The highest BCUT2D eigenvalue weighted by atomic mass is 16.2. The predicted octanol–water partition coefficient (Wildman–Crippen LogP) is 2.24. The minimum atomic E-state index is -0.346. The monoisotopic (exact) mass is 268 g/mol. The first-order chi connectivity index (χ1) is 9.63. The fourth-order valence-electron chi connectivity index (χ4n) is 2.04. The number of amides is 1. The summed E-state index contributed by atoms with van der Waals surface area (Å²) in [6.07, 6.45) is 2.01. The first-order valence-corrected chi connectivity index (χ1v) is 6.75. The Balaban J connectivity index is 1.88. The molecule has 1 aliphatic rings. The Bertz CT molecular complexity index is 697. The fourth-order valence-corrected chi connectivity index (χ4v) is 2.04. The van der Waals surface area contributed by atoms with Crippen LogP contribution in [0.25, 0.3) is 11.3 Å². The van der Waals surface area contributed by atoms with E-state index in [1.165, 1.54) is 0 Å². The number of carbonyl (C=O) groups excluding carboxylic acids is 1. The van der Waals surface area contributed by atoms with Crippen LogP contribution in [0.4, 0.5) is 0 Å². The Hall–Kier alpha value is -2.36. The SMILES string of the molecule is Cc1ccc(-c2ccc(C(=O)NC3CC3)c(=O)[nH]2)cc1. The molecule has 0 radical (unpaired) electrons. The Morgan fingerprint density at radius 2 is 1.85 bits per heavy atom. The topological polar surface area (TPSA) is 62.0 Å². The van der Waals surface area contributed by atoms with Crippen molar-refractivity contribution in [1.29, 1.82) is 0 Å². The Kier molecular flexibility index (Phi) is 3.14. The van der Waals surface area contributed by atoms with Crippen molar-refractivity contribution in [2.24, 2.45) is 0 Å². The van der Waals surface area contributed by atoms with E-state index in [-0.39, 0.29) is 23.1 Å². The highest BCUT2D eigenvalue weighted by Gasteiger charge is 2.24. The molecule has 1 aromatic carbocycles. The van der Waals surface area contributed by atoms with E-state index >= 15 is 0 Å². The number of hydrogen-bond acceptors (Lipinski definition) is 2. The van der Waals surface area contributed by atoms with Gasteiger partial charge in [-0.05, 0) is 37.5 Å². The van der Waals surface area contributed by atoms with E-state index in [1.54, 1.807) is 12.1 Å². The summed E-state index contributed by atoms with van der Waals surface area (Å²) in [5.41, 5.74) is 2.64. The van der Waals surface area contributed by atoms with Crippen molar-refractivity contribution in [3.8, 4) is 11.3 Å². The molecule has 3 rings (SSSR count). The Labute approximate surface area is 116 Å². The van der Waals surface area contributed by atoms with Gasteiger partial charge in [0.25, 0.3) is 11.5 Å². The first kappa shape index (κ1) is 12.7. The van der Waals surface area contributed by atoms with Gasteiger partial charge >= 0.3 is 0 Å². The zero-order chi connectivity index (χ0) is 14.1. The summed E-state index contributed by atoms with van der Waals surface area (Å²) in [6.45, 7) is 2.01. The highest BCUT2D eigenvalue weighted by molar-refractivity contribution is 5.94. The molecule has 0 bridgehead atoms. The van der Waals surface area contributed by atoms with Crippen LogP contribution in [0.5, 0.6) is 0 Å². The van der Waals surface area contributed by atoms with Gasteiger partial charge in [-0.1, -0.05) is 29.8 Å². The molecule has 20 heavy (non-hydrogen) atoms. The quantitative estimate of drug-likeness (QED) is 0.896. The second kappa shape index (κ2) is 4.96. The molecule has 1 saturated carbocycles. The fraction of sp³-hybridized carbons (Fsp3) is 0.250. The van der Waals surface area contributed by atoms with Crippen LogP contribution < -0.4 is 10.9 Å². The average Bonchev–Trinajstić information content (AvgIpc) is 3.23. The minimum Gasteiger partial charge on any atom is -0.349 e. The third-order valence-electron chi connectivity index (χ3n) is 3.43. The Morgan fingerprint density at radius 1 is 1.15 bits per heavy atom. The first-order valence-electron chi connectivity index (χ1n) is 6.75. The molecule has 1 fully saturated rings. The molecule has 4 heteroatoms. The molecule has 1 amide bonds. The molecule has 1 heterocycles. The number of aromatic nitrogens is 1. The lowest BCUT2D eigenvalue weighted by Gasteiger charge is -2.05. The van der Waals surface area contributed by atoms with Crippen LogP contribution in [-0.4, -0.2) is 16.9 Å². The average molecular weight is 268 g/mol. The second-order valence-corrected chi connectivity index (χ2v) is 5.23. The summed E-state index contributed by atoms with van der Waals surface area (Å²) in [6, 6.07) is 11.5. The van der Waals surface area contributed by atoms with E-state index in [0.717, 1.165) is 29.7 Å². The maximum atomic E-state index is 12.0. The van der Waals surface area contributed by atoms with Gasteiger partial charge in [-0.3, -0.25) is 9.59 Å². The van der Waals surface area contributed by atoms with Crippen molar-refractivity contribution in [3.05, 3.63) is 57.9 Å². The van der Waals surface area contributed by atoms with Crippen molar-refractivity contribution in [1.82, 2.24) is 10.3 Å². The molecule has 0 unspecified atom stereocenters. The molecule has 4 nitrogen and oxygen atoms in total. The number of nitrogens with one attached hydrogen (secondary N) is 2. The third kappa shape index (κ3) is 2.64. The Morgan fingerprint density at radius 3 is 2.45 bits per heavy atom. The summed E-state index contributed by atoms with van der Waals surface area (Å²) >= 11 is 0. The van der Waals surface area contributed by atoms with Gasteiger partial charge in [0.05, 0.1) is 0 Å². The lowest BCUT2D eigenvalue weighted by atomic mass is 10.1. The normalized spacial score (nSPS) is 14.1. The van der Waals surface area contributed by atoms with Crippen LogP contribution >= 0.6 is 0 Å². The third-order valence-corrected chi connectivity index (χ3v) is 3.43. The smallest absolute Gasteiger partial charge is 0.261 e. The number of aromatic amines is 1. The standard InChI is InChI=1S/C16H16N2O2/c1-10-2-4-11(5-3-10)14-9-8-13(16(20)18-14)15(19)17-12-6-7-12/h2-5,8-9,12H,6-7H2,1H3,(H,17,19)(H,18,20). The van der Waals surface area contributed by atoms with Gasteiger partial charge in [-0.15, -0.1) is 0 Å². The highest BCUT2D eigenvalue weighted by Crippen LogP contribution is 2.19. The van der Waals surface area contributed by atoms with E-state index in [0.29, 0.717) is 0 Å². The summed E-state index contributed by atoms with van der Waals surface area (Å²) < 4.78 is 0. The van der Waals surface area contributed by atoms with Crippen LogP contribution in [0.1, 0.15) is 28.8 Å². The van der Waals surface area contributed by atoms with Crippen LogP contribution in [0, 0.1) is 6.92 Å². The zero-order valence-electron chi connectivity index (χ0n) is 11.3. The van der Waals surface area contributed by atoms with E-state index < -0.39 is 0 Å². The zero-order valence-corrected chi connectivity index (χ0v) is 11.3. The summed E-state index contributed by atoms with van der Waals surface area (Å²) in [5, 5.41) is 2.82. The molecular weight excluding hydrogens is 252 g/mol. The van der Waals surface area contributed by atoms with Crippen molar-refractivity contribution in [2.75, 3.05) is 0 Å². The maximum absolute atomic E-state index is 12.0. The van der Waals surface area contributed by atoms with Crippen molar-refractivity contribution >= 4 is 5.91 Å². The van der Waals surface area contributed by atoms with Crippen LogP contribution in [0.2, 0.25) is 0 Å². The number of aryl methyl sites for hydroxylation is 1. The van der Waals surface area contributed by atoms with Crippen molar-refractivity contribution in [3.63, 3.8) is 0 Å². The van der Waals surface area contributed by atoms with Gasteiger partial charge in [0.2, 0.25) is 0 Å². The molecular formula is C16H16N2O2. The van der Waals surface area contributed by atoms with Gasteiger partial charge in [-0.2, -0.15) is 0 Å². The number of hydrogen-bond donors (Lipinski definition) is 2. The van der Waals surface area contributed by atoms with Gasteiger partial charge in [0, 0.05) is 11.7 Å². The van der Waals surface area contributed by atoms with Crippen molar-refractivity contribution < 1.29 is 4.79 Å². The summed E-state index contributed by atoms with van der Waals surface area (Å²) in [5.74, 6) is -0.288. The molecule has 0 aliphatic heterocycles. The number of pyridine rings is 1. The predicted molar refractivity (Wildman–Crippen MR) is 77.7 cm³/mol. The van der Waals surface area contributed by atoms with Gasteiger partial charge < -0.3 is 10.3 Å². The van der Waals surface area contributed by atoms with E-state index in [4.69, 9.17) is 0 Å². The van der Waals surface area contributed by atoms with Gasteiger partial charge in [0.15, 0.2) is 0 Å². The molecule has 2 N–H and O–H groups in total. The van der Waals surface area contributed by atoms with Crippen molar-refractivity contribution in [2.45, 2.75) is 25.8 Å². The maximum Gasteiger partial charge on any atom is 0.261 e. The molecule has 0 spiro atoms. The minimum absolute atomic E-state index is 0.174. The van der Waals surface area contributed by atoms with E-state index in [2.05, 4.69) is 10.3 Å². The number of rotatable bonds is 3. The summed E-state index contributed by atoms with van der Waals surface area (Å²) in [4.78, 5) is 26.7. The second-order valence-electron chi connectivity index (χ2n) is 5.23. The molecule has 0 atom stereocenters. The molecule has 102 valence electrons. The van der Waals surface area contributed by atoms with Crippen LogP contribution in [0.3, 0.4) is 0 Å². The van der Waals surface area contributed by atoms with Gasteiger partial charge in [-0.25, -0.2) is 0 Å². The molecule has 2 aromatic rings. The lowest BCUT2D eigenvalue weighted by Crippen LogP contribution is -2.31. The van der Waals surface area contributed by atoms with E-state index in [9.17, 15) is 9.59 Å². The van der Waals surface area contributed by atoms with E-state index in [1.807, 2.05) is 31.2 Å². The number of carbonyl (C=O) groups is 1. The van der Waals surface area contributed by atoms with Gasteiger partial charge in [0.1, 0.15) is 5.56 Å². The largest absolute Gasteiger partial charge is 0.349 e. The molecule has 0 saturated heterocycles. The number of benzene rings is 1. The summed E-state index contributed by atoms with van der Waals surface area (Å²) in [7, 11) is 0. The van der Waals surface area contributed by atoms with Crippen LogP contribution in [-0.2, 0) is 0 Å². The molecule has 1 aliphatic carbocycles. The molecule has 1 aromatic heterocycles. The van der Waals surface area contributed by atoms with Crippen LogP contribution in [0.15, 0.2) is 41.2 Å². The number of H-pyrrole nitrogens is 1.